The van der Waals surface area contributed by atoms with Crippen LogP contribution in [0.4, 0.5) is 5.82 Å². The maximum Gasteiger partial charge on any atom is 0.240 e. The van der Waals surface area contributed by atoms with E-state index in [1.54, 1.807) is 6.20 Å². The van der Waals surface area contributed by atoms with Crippen LogP contribution in [0.5, 0.6) is 0 Å². The van der Waals surface area contributed by atoms with Gasteiger partial charge in [0.15, 0.2) is 5.65 Å². The van der Waals surface area contributed by atoms with Gasteiger partial charge >= 0.3 is 0 Å². The molecule has 1 radical (unpaired) electrons. The second-order valence-corrected chi connectivity index (χ2v) is 5.03. The fraction of sp³-hybridized carbons (Fsp3) is 0.214. The smallest absolute Gasteiger partial charge is 0.240 e. The lowest BCUT2D eigenvalue weighted by Crippen LogP contribution is -2.41. The lowest BCUT2D eigenvalue weighted by molar-refractivity contribution is -0.118. The summed E-state index contributed by atoms with van der Waals surface area (Å²) in [6, 6.07) is 3.33. The van der Waals surface area contributed by atoms with Crippen molar-refractivity contribution >= 4 is 33.7 Å². The lowest BCUT2D eigenvalue weighted by Gasteiger charge is -2.24. The number of aromatic amines is 1. The summed E-state index contributed by atoms with van der Waals surface area (Å²) >= 11 is 0. The van der Waals surface area contributed by atoms with Crippen LogP contribution in [0, 0.1) is 6.42 Å². The Balaban J connectivity index is 2.00. The lowest BCUT2D eigenvalue weighted by atomic mass is 10.1. The molecular weight excluding hydrogens is 268 g/mol. The minimum absolute atomic E-state index is 0.362. The molecule has 1 unspecified atom stereocenters. The number of nitrogens with zero attached hydrogens (tertiary/aromatic N) is 4. The number of rotatable bonds is 2. The molecule has 1 aliphatic heterocycles. The quantitative estimate of drug-likeness (QED) is 0.722. The first-order valence-electron chi connectivity index (χ1n) is 6.73. The van der Waals surface area contributed by atoms with E-state index in [4.69, 9.17) is 5.73 Å². The third kappa shape index (κ3) is 1.74. The fourth-order valence-electron chi connectivity index (χ4n) is 2.89. The zero-order valence-electron chi connectivity index (χ0n) is 11.2. The molecule has 4 heterocycles. The number of aromatic nitrogens is 4. The summed E-state index contributed by atoms with van der Waals surface area (Å²) in [5, 5.41) is 10.2. The topological polar surface area (TPSA) is 101 Å². The number of hydrogen-bond acceptors (Lipinski definition) is 5. The van der Waals surface area contributed by atoms with Gasteiger partial charge in [-0.25, -0.2) is 4.98 Å². The number of pyridine rings is 1. The molecule has 1 saturated heterocycles. The monoisotopic (exact) mass is 281 g/mol. The number of H-pyrrole nitrogens is 1. The Morgan fingerprint density at radius 1 is 1.38 bits per heavy atom. The molecule has 1 aliphatic rings. The summed E-state index contributed by atoms with van der Waals surface area (Å²) in [5.41, 5.74) is 6.94. The number of carbonyl (C=O) groups excluding carboxylic acids is 1. The van der Waals surface area contributed by atoms with Crippen LogP contribution in [0.15, 0.2) is 24.5 Å². The average molecular weight is 281 g/mol. The first-order chi connectivity index (χ1) is 10.3. The minimum Gasteiger partial charge on any atom is -0.368 e. The van der Waals surface area contributed by atoms with Crippen LogP contribution in [0.25, 0.3) is 21.9 Å². The van der Waals surface area contributed by atoms with E-state index in [0.717, 1.165) is 28.5 Å². The highest BCUT2D eigenvalue weighted by Gasteiger charge is 2.31. The van der Waals surface area contributed by atoms with Gasteiger partial charge in [0.2, 0.25) is 5.91 Å². The Kier molecular flexibility index (Phi) is 2.53. The fourth-order valence-corrected chi connectivity index (χ4v) is 2.89. The Morgan fingerprint density at radius 3 is 3.14 bits per heavy atom. The van der Waals surface area contributed by atoms with Crippen LogP contribution in [0.2, 0.25) is 0 Å². The first-order valence-corrected chi connectivity index (χ1v) is 6.73. The molecule has 0 bridgehead atoms. The van der Waals surface area contributed by atoms with Gasteiger partial charge in [-0.05, 0) is 25.0 Å². The predicted octanol–water partition coefficient (Wildman–Crippen LogP) is 0.774. The molecule has 0 aromatic carbocycles. The highest BCUT2D eigenvalue weighted by molar-refractivity contribution is 6.09. The average Bonchev–Trinajstić information content (AvgIpc) is 3.15. The molecule has 21 heavy (non-hydrogen) atoms. The van der Waals surface area contributed by atoms with Crippen LogP contribution >= 0.6 is 0 Å². The number of hydrogen-bond donors (Lipinski definition) is 2. The van der Waals surface area contributed by atoms with E-state index in [9.17, 15) is 4.79 Å². The van der Waals surface area contributed by atoms with Crippen molar-refractivity contribution < 1.29 is 4.79 Å². The normalized spacial score (nSPS) is 18.7. The van der Waals surface area contributed by atoms with Gasteiger partial charge < -0.3 is 15.6 Å². The molecule has 105 valence electrons. The molecule has 0 saturated carbocycles. The number of amides is 1. The predicted molar refractivity (Wildman–Crippen MR) is 78.4 cm³/mol. The summed E-state index contributed by atoms with van der Waals surface area (Å²) < 4.78 is 0. The molecule has 3 aromatic rings. The molecule has 3 aromatic heterocycles. The zero-order valence-corrected chi connectivity index (χ0v) is 11.2. The number of carbonyl (C=O) groups is 1. The summed E-state index contributed by atoms with van der Waals surface area (Å²) in [7, 11) is 0. The minimum atomic E-state index is -0.426. The number of nitrogens with two attached hydrogens (primary N) is 1. The van der Waals surface area contributed by atoms with E-state index >= 15 is 0 Å². The van der Waals surface area contributed by atoms with Gasteiger partial charge in [-0.3, -0.25) is 4.79 Å². The second kappa shape index (κ2) is 4.41. The standard InChI is InChI=1S/C14H13N6O/c15-12(21)10-2-1-7-20(10)14-11-8-3-5-16-13(8)19-18-9(11)4-6-17-14/h2-6,10H,1,7H2,(H2,15,21)(H,16,19). The number of fused-ring (bicyclic) bond motifs is 3. The largest absolute Gasteiger partial charge is 0.368 e. The SMILES string of the molecule is NC(=O)C1[CH]CCN1c1nccc2nnc3[nH]ccc3c12. The van der Waals surface area contributed by atoms with E-state index in [1.165, 1.54) is 0 Å². The van der Waals surface area contributed by atoms with Gasteiger partial charge in [-0.2, -0.15) is 0 Å². The molecule has 0 spiro atoms. The molecule has 3 N–H and O–H groups in total. The third-order valence-corrected chi connectivity index (χ3v) is 3.82. The van der Waals surface area contributed by atoms with Crippen molar-refractivity contribution in [3.63, 3.8) is 0 Å². The van der Waals surface area contributed by atoms with Gasteiger partial charge in [0.25, 0.3) is 0 Å². The van der Waals surface area contributed by atoms with E-state index in [0.29, 0.717) is 12.2 Å². The van der Waals surface area contributed by atoms with Crippen molar-refractivity contribution in [3.05, 3.63) is 30.9 Å². The van der Waals surface area contributed by atoms with E-state index in [-0.39, 0.29) is 5.91 Å². The second-order valence-electron chi connectivity index (χ2n) is 5.03. The Labute approximate surface area is 120 Å². The molecular formula is C14H13N6O. The Hall–Kier alpha value is -2.70. The third-order valence-electron chi connectivity index (χ3n) is 3.82. The highest BCUT2D eigenvalue weighted by atomic mass is 16.1. The molecule has 0 aliphatic carbocycles. The summed E-state index contributed by atoms with van der Waals surface area (Å²) in [5.74, 6) is 0.364. The Morgan fingerprint density at radius 2 is 2.29 bits per heavy atom. The zero-order chi connectivity index (χ0) is 14.4. The van der Waals surface area contributed by atoms with Gasteiger partial charge in [-0.1, -0.05) is 0 Å². The van der Waals surface area contributed by atoms with Gasteiger partial charge in [0.05, 0.1) is 10.9 Å². The Bertz CT molecular complexity index is 842. The first kappa shape index (κ1) is 12.1. The number of anilines is 1. The van der Waals surface area contributed by atoms with Crippen LogP contribution in [-0.4, -0.2) is 38.7 Å². The van der Waals surface area contributed by atoms with E-state index in [2.05, 4.69) is 20.2 Å². The molecule has 7 heteroatoms. The maximum atomic E-state index is 11.6. The summed E-state index contributed by atoms with van der Waals surface area (Å²) in [6.45, 7) is 0.716. The molecule has 1 fully saturated rings. The van der Waals surface area contributed by atoms with Crippen LogP contribution in [0.1, 0.15) is 6.42 Å². The molecule has 1 atom stereocenters. The van der Waals surface area contributed by atoms with Crippen molar-refractivity contribution in [1.82, 2.24) is 20.2 Å². The number of primary amides is 1. The van der Waals surface area contributed by atoms with Crippen molar-refractivity contribution in [3.8, 4) is 0 Å². The molecule has 7 nitrogen and oxygen atoms in total. The van der Waals surface area contributed by atoms with E-state index < -0.39 is 6.04 Å². The van der Waals surface area contributed by atoms with Gasteiger partial charge in [0.1, 0.15) is 11.9 Å². The maximum absolute atomic E-state index is 11.6. The summed E-state index contributed by atoms with van der Waals surface area (Å²) in [4.78, 5) is 21.1. The number of nitrogens with one attached hydrogen (secondary N) is 1. The van der Waals surface area contributed by atoms with Gasteiger partial charge in [-0.15, -0.1) is 10.2 Å². The van der Waals surface area contributed by atoms with E-state index in [1.807, 2.05) is 29.7 Å². The molecule has 4 rings (SSSR count). The van der Waals surface area contributed by atoms with Crippen molar-refractivity contribution in [2.45, 2.75) is 12.5 Å². The van der Waals surface area contributed by atoms with Crippen LogP contribution < -0.4 is 10.6 Å². The molecule has 1 amide bonds. The van der Waals surface area contributed by atoms with Gasteiger partial charge in [0, 0.05) is 24.3 Å². The van der Waals surface area contributed by atoms with Crippen molar-refractivity contribution in [1.29, 1.82) is 0 Å². The highest BCUT2D eigenvalue weighted by Crippen LogP contribution is 2.32. The van der Waals surface area contributed by atoms with Crippen LogP contribution in [0.3, 0.4) is 0 Å². The summed E-state index contributed by atoms with van der Waals surface area (Å²) in [6.07, 6.45) is 6.23. The van der Waals surface area contributed by atoms with Crippen molar-refractivity contribution in [2.75, 3.05) is 11.4 Å². The van der Waals surface area contributed by atoms with Crippen LogP contribution in [-0.2, 0) is 4.79 Å². The van der Waals surface area contributed by atoms with Crippen molar-refractivity contribution in [2.24, 2.45) is 5.73 Å².